The summed E-state index contributed by atoms with van der Waals surface area (Å²) in [6, 6.07) is 0. The summed E-state index contributed by atoms with van der Waals surface area (Å²) in [5.74, 6) is -8.34. The SMILES string of the molecule is CC(F)C(F)(F)C(=O)C(F)(F)F. The smallest absolute Gasteiger partial charge is 0.283 e. The fourth-order valence-electron chi connectivity index (χ4n) is 0.370. The second-order valence-electron chi connectivity index (χ2n) is 2.07. The van der Waals surface area contributed by atoms with E-state index in [0.717, 1.165) is 0 Å². The summed E-state index contributed by atoms with van der Waals surface area (Å²) in [4.78, 5) is 9.81. The van der Waals surface area contributed by atoms with Crippen LogP contribution in [0.1, 0.15) is 6.92 Å². The van der Waals surface area contributed by atoms with E-state index in [4.69, 9.17) is 0 Å². The van der Waals surface area contributed by atoms with E-state index in [1.807, 2.05) is 0 Å². The maximum absolute atomic E-state index is 12.0. The third kappa shape index (κ3) is 2.12. The van der Waals surface area contributed by atoms with Crippen LogP contribution in [0.4, 0.5) is 26.3 Å². The number of hydrogen-bond acceptors (Lipinski definition) is 1. The van der Waals surface area contributed by atoms with Crippen molar-refractivity contribution in [3.8, 4) is 0 Å². The molecule has 0 aliphatic carbocycles. The second-order valence-corrected chi connectivity index (χ2v) is 2.07. The van der Waals surface area contributed by atoms with Gasteiger partial charge in [-0.25, -0.2) is 4.39 Å². The van der Waals surface area contributed by atoms with Gasteiger partial charge in [0.25, 0.3) is 0 Å². The molecule has 0 bridgehead atoms. The van der Waals surface area contributed by atoms with Crippen LogP contribution in [-0.4, -0.2) is 24.1 Å². The van der Waals surface area contributed by atoms with E-state index in [1.165, 1.54) is 0 Å². The Labute approximate surface area is 63.4 Å². The molecule has 0 fully saturated rings. The van der Waals surface area contributed by atoms with Gasteiger partial charge in [0, 0.05) is 0 Å². The molecule has 1 unspecified atom stereocenters. The van der Waals surface area contributed by atoms with Crippen molar-refractivity contribution in [1.82, 2.24) is 0 Å². The number of alkyl halides is 6. The van der Waals surface area contributed by atoms with Crippen molar-refractivity contribution in [2.45, 2.75) is 25.2 Å². The van der Waals surface area contributed by atoms with Gasteiger partial charge in [0.15, 0.2) is 6.17 Å². The highest BCUT2D eigenvalue weighted by molar-refractivity contribution is 5.91. The molecule has 0 aromatic rings. The monoisotopic (exact) mass is 194 g/mol. The fourth-order valence-corrected chi connectivity index (χ4v) is 0.370. The molecule has 0 N–H and O–H groups in total. The van der Waals surface area contributed by atoms with E-state index >= 15 is 0 Å². The molecular weight excluding hydrogens is 190 g/mol. The lowest BCUT2D eigenvalue weighted by atomic mass is 10.1. The molecule has 0 heterocycles. The maximum Gasteiger partial charge on any atom is 0.456 e. The predicted molar refractivity (Wildman–Crippen MR) is 26.6 cm³/mol. The first-order valence-corrected chi connectivity index (χ1v) is 2.73. The molecule has 1 nitrogen and oxygen atoms in total. The number of hydrogen-bond donors (Lipinski definition) is 0. The molecule has 12 heavy (non-hydrogen) atoms. The van der Waals surface area contributed by atoms with E-state index in [-0.39, 0.29) is 6.92 Å². The van der Waals surface area contributed by atoms with Crippen LogP contribution in [0.15, 0.2) is 0 Å². The van der Waals surface area contributed by atoms with Gasteiger partial charge in [0.1, 0.15) is 0 Å². The average Bonchev–Trinajstić information content (AvgIpc) is 1.83. The van der Waals surface area contributed by atoms with E-state index < -0.39 is 24.1 Å². The van der Waals surface area contributed by atoms with Crippen molar-refractivity contribution >= 4 is 5.78 Å². The van der Waals surface area contributed by atoms with Crippen molar-refractivity contribution in [1.29, 1.82) is 0 Å². The minimum absolute atomic E-state index is 0.184. The van der Waals surface area contributed by atoms with Crippen LogP contribution < -0.4 is 0 Å². The molecule has 0 amide bonds. The van der Waals surface area contributed by atoms with Gasteiger partial charge in [-0.2, -0.15) is 22.0 Å². The normalized spacial score (nSPS) is 15.9. The molecule has 1 atom stereocenters. The molecule has 0 saturated heterocycles. The minimum atomic E-state index is -5.70. The van der Waals surface area contributed by atoms with Crippen molar-refractivity contribution in [3.05, 3.63) is 0 Å². The largest absolute Gasteiger partial charge is 0.456 e. The summed E-state index contributed by atoms with van der Waals surface area (Å²) >= 11 is 0. The Kier molecular flexibility index (Phi) is 2.76. The molecule has 0 spiro atoms. The highest BCUT2D eigenvalue weighted by atomic mass is 19.4. The van der Waals surface area contributed by atoms with Gasteiger partial charge in [-0.15, -0.1) is 0 Å². The zero-order valence-electron chi connectivity index (χ0n) is 5.75. The Morgan fingerprint density at radius 3 is 1.58 bits per heavy atom. The topological polar surface area (TPSA) is 17.1 Å². The summed E-state index contributed by atoms with van der Waals surface area (Å²) in [5.41, 5.74) is 0. The zero-order chi connectivity index (χ0) is 10.2. The third-order valence-corrected chi connectivity index (χ3v) is 1.06. The van der Waals surface area contributed by atoms with Crippen molar-refractivity contribution in [2.24, 2.45) is 0 Å². The van der Waals surface area contributed by atoms with Crippen LogP contribution in [0.25, 0.3) is 0 Å². The Balaban J connectivity index is 4.70. The van der Waals surface area contributed by atoms with Crippen LogP contribution >= 0.6 is 0 Å². The van der Waals surface area contributed by atoms with Crippen molar-refractivity contribution in [2.75, 3.05) is 0 Å². The van der Waals surface area contributed by atoms with Crippen molar-refractivity contribution < 1.29 is 31.1 Å². The minimum Gasteiger partial charge on any atom is -0.283 e. The lowest BCUT2D eigenvalue weighted by Crippen LogP contribution is -2.45. The summed E-state index contributed by atoms with van der Waals surface area (Å²) in [6.45, 7) is 0.184. The van der Waals surface area contributed by atoms with Crippen LogP contribution in [-0.2, 0) is 4.79 Å². The molecule has 0 radical (unpaired) electrons. The number of rotatable bonds is 2. The number of carbonyl (C=O) groups is 1. The predicted octanol–water partition coefficient (Wildman–Crippen LogP) is 2.11. The molecule has 0 aliphatic heterocycles. The molecule has 0 saturated carbocycles. The maximum atomic E-state index is 12.0. The van der Waals surface area contributed by atoms with Gasteiger partial charge in [0.2, 0.25) is 0 Å². The molecule has 0 aliphatic rings. The van der Waals surface area contributed by atoms with Gasteiger partial charge >= 0.3 is 17.9 Å². The molecular formula is C5H4F6O. The summed E-state index contributed by atoms with van der Waals surface area (Å²) < 4.78 is 69.7. The first kappa shape index (κ1) is 11.2. The van der Waals surface area contributed by atoms with Crippen molar-refractivity contribution in [3.63, 3.8) is 0 Å². The number of carbonyl (C=O) groups excluding carboxylic acids is 1. The van der Waals surface area contributed by atoms with Crippen LogP contribution in [0.5, 0.6) is 0 Å². The Morgan fingerprint density at radius 1 is 1.17 bits per heavy atom. The van der Waals surface area contributed by atoms with Gasteiger partial charge in [-0.1, -0.05) is 0 Å². The quantitative estimate of drug-likeness (QED) is 0.615. The van der Waals surface area contributed by atoms with Gasteiger partial charge < -0.3 is 0 Å². The molecule has 7 heteroatoms. The van der Waals surface area contributed by atoms with Gasteiger partial charge in [-0.05, 0) is 6.92 Å². The van der Waals surface area contributed by atoms with Crippen LogP contribution in [0.2, 0.25) is 0 Å². The van der Waals surface area contributed by atoms with Crippen LogP contribution in [0, 0.1) is 0 Å². The van der Waals surface area contributed by atoms with E-state index in [2.05, 4.69) is 0 Å². The molecule has 0 aromatic heterocycles. The van der Waals surface area contributed by atoms with E-state index in [1.54, 1.807) is 0 Å². The average molecular weight is 194 g/mol. The Hall–Kier alpha value is -0.750. The summed E-state index contributed by atoms with van der Waals surface area (Å²) in [5, 5.41) is 0. The van der Waals surface area contributed by atoms with Gasteiger partial charge in [0.05, 0.1) is 0 Å². The first-order chi connectivity index (χ1) is 5.10. The molecule has 0 aromatic carbocycles. The number of halogens is 6. The number of Topliss-reactive ketones (excluding diaryl/α,β-unsaturated/α-hetero) is 1. The summed E-state index contributed by atoms with van der Waals surface area (Å²) in [6.07, 6.45) is -8.85. The first-order valence-electron chi connectivity index (χ1n) is 2.73. The zero-order valence-corrected chi connectivity index (χ0v) is 5.75. The molecule has 0 rings (SSSR count). The second kappa shape index (κ2) is 2.95. The van der Waals surface area contributed by atoms with Gasteiger partial charge in [-0.3, -0.25) is 4.79 Å². The lowest BCUT2D eigenvalue weighted by Gasteiger charge is -2.17. The summed E-state index contributed by atoms with van der Waals surface area (Å²) in [7, 11) is 0. The molecule has 72 valence electrons. The number of ketones is 1. The van der Waals surface area contributed by atoms with Crippen LogP contribution in [0.3, 0.4) is 0 Å². The Bertz CT molecular complexity index is 181. The Morgan fingerprint density at radius 2 is 1.50 bits per heavy atom. The fraction of sp³-hybridized carbons (Fsp3) is 0.800. The van der Waals surface area contributed by atoms with E-state index in [0.29, 0.717) is 0 Å². The standard InChI is InChI=1S/C5H4F6O/c1-2(6)4(7,8)3(12)5(9,10)11/h2H,1H3. The van der Waals surface area contributed by atoms with E-state index in [9.17, 15) is 31.1 Å². The third-order valence-electron chi connectivity index (χ3n) is 1.06. The lowest BCUT2D eigenvalue weighted by molar-refractivity contribution is -0.202. The highest BCUT2D eigenvalue weighted by Crippen LogP contribution is 2.31. The highest BCUT2D eigenvalue weighted by Gasteiger charge is 2.58.